The highest BCUT2D eigenvalue weighted by atomic mass is 14.9. The van der Waals surface area contributed by atoms with Gasteiger partial charge in [-0.3, -0.25) is 0 Å². The molecule has 0 N–H and O–H groups in total. The van der Waals surface area contributed by atoms with E-state index in [1.807, 2.05) is 49.4 Å². The maximum atomic E-state index is 4.65. The number of benzene rings is 1. The zero-order valence-corrected chi connectivity index (χ0v) is 11.3. The predicted octanol–water partition coefficient (Wildman–Crippen LogP) is 3.44. The van der Waals surface area contributed by atoms with Crippen LogP contribution >= 0.6 is 0 Å². The van der Waals surface area contributed by atoms with Gasteiger partial charge >= 0.3 is 0 Å². The van der Waals surface area contributed by atoms with E-state index in [-0.39, 0.29) is 0 Å². The molecule has 0 fully saturated rings. The largest absolute Gasteiger partial charge is 0.249 e. The van der Waals surface area contributed by atoms with Gasteiger partial charge in [0.1, 0.15) is 5.69 Å². The SMILES string of the molecule is Cc1ccnc(-c2cccc(Cc3ccccc3)n2)n1. The number of hydrogen-bond donors (Lipinski definition) is 0. The fourth-order valence-electron chi connectivity index (χ4n) is 2.08. The summed E-state index contributed by atoms with van der Waals surface area (Å²) in [7, 11) is 0. The highest BCUT2D eigenvalue weighted by Gasteiger charge is 2.04. The molecule has 0 bridgehead atoms. The van der Waals surface area contributed by atoms with Crippen LogP contribution in [-0.4, -0.2) is 15.0 Å². The fraction of sp³-hybridized carbons (Fsp3) is 0.118. The van der Waals surface area contributed by atoms with E-state index in [9.17, 15) is 0 Å². The molecular formula is C17H15N3. The van der Waals surface area contributed by atoms with Gasteiger partial charge in [-0.2, -0.15) is 0 Å². The van der Waals surface area contributed by atoms with Crippen LogP contribution in [0.2, 0.25) is 0 Å². The molecule has 3 rings (SSSR count). The van der Waals surface area contributed by atoms with Crippen molar-refractivity contribution in [3.8, 4) is 11.5 Å². The van der Waals surface area contributed by atoms with E-state index in [0.29, 0.717) is 5.82 Å². The van der Waals surface area contributed by atoms with E-state index in [1.165, 1.54) is 5.56 Å². The highest BCUT2D eigenvalue weighted by Crippen LogP contribution is 2.14. The average Bonchev–Trinajstić information content (AvgIpc) is 2.49. The van der Waals surface area contributed by atoms with Crippen molar-refractivity contribution in [2.45, 2.75) is 13.3 Å². The van der Waals surface area contributed by atoms with Gasteiger partial charge in [-0.15, -0.1) is 0 Å². The Labute approximate surface area is 118 Å². The lowest BCUT2D eigenvalue weighted by atomic mass is 10.1. The van der Waals surface area contributed by atoms with Gasteiger partial charge in [0.05, 0.1) is 0 Å². The minimum Gasteiger partial charge on any atom is -0.249 e. The Balaban J connectivity index is 1.90. The Bertz CT molecular complexity index is 708. The second kappa shape index (κ2) is 5.61. The van der Waals surface area contributed by atoms with Crippen LogP contribution in [0.4, 0.5) is 0 Å². The summed E-state index contributed by atoms with van der Waals surface area (Å²) in [5, 5.41) is 0. The number of aromatic nitrogens is 3. The van der Waals surface area contributed by atoms with Crippen molar-refractivity contribution in [3.05, 3.63) is 77.7 Å². The summed E-state index contributed by atoms with van der Waals surface area (Å²) < 4.78 is 0. The van der Waals surface area contributed by atoms with Gasteiger partial charge in [0, 0.05) is 24.0 Å². The summed E-state index contributed by atoms with van der Waals surface area (Å²) >= 11 is 0. The van der Waals surface area contributed by atoms with Crippen molar-refractivity contribution in [1.29, 1.82) is 0 Å². The van der Waals surface area contributed by atoms with E-state index in [1.54, 1.807) is 6.20 Å². The highest BCUT2D eigenvalue weighted by molar-refractivity contribution is 5.49. The lowest BCUT2D eigenvalue weighted by molar-refractivity contribution is 1.04. The minimum absolute atomic E-state index is 0.680. The van der Waals surface area contributed by atoms with Crippen LogP contribution < -0.4 is 0 Å². The van der Waals surface area contributed by atoms with Crippen molar-refractivity contribution in [1.82, 2.24) is 15.0 Å². The molecule has 3 nitrogen and oxygen atoms in total. The number of pyridine rings is 1. The van der Waals surface area contributed by atoms with Crippen molar-refractivity contribution >= 4 is 0 Å². The maximum Gasteiger partial charge on any atom is 0.178 e. The maximum absolute atomic E-state index is 4.65. The zero-order chi connectivity index (χ0) is 13.8. The summed E-state index contributed by atoms with van der Waals surface area (Å²) in [4.78, 5) is 13.4. The summed E-state index contributed by atoms with van der Waals surface area (Å²) in [5.41, 5.74) is 4.05. The van der Waals surface area contributed by atoms with E-state index in [2.05, 4.69) is 27.1 Å². The number of hydrogen-bond acceptors (Lipinski definition) is 3. The Morgan fingerprint density at radius 2 is 1.70 bits per heavy atom. The van der Waals surface area contributed by atoms with Gasteiger partial charge in [0.25, 0.3) is 0 Å². The summed E-state index contributed by atoms with van der Waals surface area (Å²) in [5.74, 6) is 0.680. The van der Waals surface area contributed by atoms with Crippen LogP contribution in [0.5, 0.6) is 0 Å². The molecule has 0 saturated heterocycles. The molecule has 0 unspecified atom stereocenters. The van der Waals surface area contributed by atoms with Crippen molar-refractivity contribution < 1.29 is 0 Å². The minimum atomic E-state index is 0.680. The van der Waals surface area contributed by atoms with Crippen LogP contribution in [0.15, 0.2) is 60.8 Å². The Morgan fingerprint density at radius 3 is 2.50 bits per heavy atom. The number of aryl methyl sites for hydroxylation is 1. The van der Waals surface area contributed by atoms with Crippen LogP contribution in [0.3, 0.4) is 0 Å². The predicted molar refractivity (Wildman–Crippen MR) is 79.2 cm³/mol. The normalized spacial score (nSPS) is 10.4. The van der Waals surface area contributed by atoms with Gasteiger partial charge in [0.15, 0.2) is 5.82 Å². The molecule has 20 heavy (non-hydrogen) atoms. The molecule has 98 valence electrons. The standard InChI is InChI=1S/C17H15N3/c1-13-10-11-18-17(19-13)16-9-5-8-15(20-16)12-14-6-3-2-4-7-14/h2-11H,12H2,1H3. The molecule has 0 radical (unpaired) electrons. The second-order valence-electron chi connectivity index (χ2n) is 4.70. The molecule has 0 aliphatic rings. The molecule has 2 aromatic heterocycles. The Morgan fingerprint density at radius 1 is 0.850 bits per heavy atom. The van der Waals surface area contributed by atoms with Gasteiger partial charge in [-0.05, 0) is 30.7 Å². The van der Waals surface area contributed by atoms with E-state index >= 15 is 0 Å². The first-order valence-electron chi connectivity index (χ1n) is 6.61. The molecular weight excluding hydrogens is 246 g/mol. The second-order valence-corrected chi connectivity index (χ2v) is 4.70. The van der Waals surface area contributed by atoms with Crippen LogP contribution in [0.1, 0.15) is 17.0 Å². The molecule has 2 heterocycles. The van der Waals surface area contributed by atoms with Gasteiger partial charge in [-0.1, -0.05) is 36.4 Å². The van der Waals surface area contributed by atoms with Gasteiger partial charge in [0.2, 0.25) is 0 Å². The third kappa shape index (κ3) is 2.88. The summed E-state index contributed by atoms with van der Waals surface area (Å²) in [6, 6.07) is 18.2. The Hall–Kier alpha value is -2.55. The van der Waals surface area contributed by atoms with Crippen molar-refractivity contribution in [2.24, 2.45) is 0 Å². The molecule has 3 heteroatoms. The Kier molecular flexibility index (Phi) is 3.50. The molecule has 0 atom stereocenters. The summed E-state index contributed by atoms with van der Waals surface area (Å²) in [6.07, 6.45) is 2.59. The first-order chi connectivity index (χ1) is 9.81. The van der Waals surface area contributed by atoms with E-state index < -0.39 is 0 Å². The first kappa shape index (κ1) is 12.5. The van der Waals surface area contributed by atoms with Gasteiger partial charge < -0.3 is 0 Å². The first-order valence-corrected chi connectivity index (χ1v) is 6.61. The molecule has 0 amide bonds. The average molecular weight is 261 g/mol. The fourth-order valence-corrected chi connectivity index (χ4v) is 2.08. The van der Waals surface area contributed by atoms with Crippen molar-refractivity contribution in [3.63, 3.8) is 0 Å². The third-order valence-electron chi connectivity index (χ3n) is 3.06. The van der Waals surface area contributed by atoms with Crippen LogP contribution in [0.25, 0.3) is 11.5 Å². The van der Waals surface area contributed by atoms with E-state index in [4.69, 9.17) is 0 Å². The zero-order valence-electron chi connectivity index (χ0n) is 11.3. The van der Waals surface area contributed by atoms with Crippen LogP contribution in [-0.2, 0) is 6.42 Å². The molecule has 0 aliphatic carbocycles. The topological polar surface area (TPSA) is 38.7 Å². The summed E-state index contributed by atoms with van der Waals surface area (Å²) in [6.45, 7) is 1.96. The third-order valence-corrected chi connectivity index (χ3v) is 3.06. The lowest BCUT2D eigenvalue weighted by Crippen LogP contribution is -1.97. The number of nitrogens with zero attached hydrogens (tertiary/aromatic N) is 3. The van der Waals surface area contributed by atoms with Crippen LogP contribution in [0, 0.1) is 6.92 Å². The molecule has 0 spiro atoms. The molecule has 0 saturated carbocycles. The number of rotatable bonds is 3. The molecule has 1 aromatic carbocycles. The van der Waals surface area contributed by atoms with Gasteiger partial charge in [-0.25, -0.2) is 15.0 Å². The quantitative estimate of drug-likeness (QED) is 0.725. The smallest absolute Gasteiger partial charge is 0.178 e. The van der Waals surface area contributed by atoms with E-state index in [0.717, 1.165) is 23.5 Å². The molecule has 3 aromatic rings. The lowest BCUT2D eigenvalue weighted by Gasteiger charge is -2.04. The monoisotopic (exact) mass is 261 g/mol. The van der Waals surface area contributed by atoms with Crippen molar-refractivity contribution in [2.75, 3.05) is 0 Å². The molecule has 0 aliphatic heterocycles.